The molecule has 0 radical (unpaired) electrons. The zero-order chi connectivity index (χ0) is 12.2. The van der Waals surface area contributed by atoms with Crippen molar-refractivity contribution in [2.45, 2.75) is 46.5 Å². The van der Waals surface area contributed by atoms with Gasteiger partial charge in [0, 0.05) is 12.6 Å². The van der Waals surface area contributed by atoms with Gasteiger partial charge in [0.2, 0.25) is 0 Å². The number of hydrogen-bond acceptors (Lipinski definition) is 2. The molecule has 0 bridgehead atoms. The SMILES string of the molecule is CC(C)CSCCc1n[nH]cc1C(C)(C)C. The number of hydrogen-bond donors (Lipinski definition) is 1. The maximum atomic E-state index is 4.36. The van der Waals surface area contributed by atoms with Crippen LogP contribution in [0.25, 0.3) is 0 Å². The fraction of sp³-hybridized carbons (Fsp3) is 0.769. The molecule has 0 spiro atoms. The van der Waals surface area contributed by atoms with Crippen LogP contribution >= 0.6 is 11.8 Å². The molecule has 16 heavy (non-hydrogen) atoms. The van der Waals surface area contributed by atoms with E-state index < -0.39 is 0 Å². The maximum Gasteiger partial charge on any atom is 0.0667 e. The van der Waals surface area contributed by atoms with Crippen LogP contribution in [0.2, 0.25) is 0 Å². The summed E-state index contributed by atoms with van der Waals surface area (Å²) in [6.45, 7) is 11.2. The molecule has 1 heterocycles. The monoisotopic (exact) mass is 240 g/mol. The smallest absolute Gasteiger partial charge is 0.0667 e. The standard InChI is InChI=1S/C13H24N2S/c1-10(2)9-16-7-6-12-11(8-14-15-12)13(3,4)5/h8,10H,6-7,9H2,1-5H3,(H,14,15). The van der Waals surface area contributed by atoms with Crippen molar-refractivity contribution in [2.75, 3.05) is 11.5 Å². The molecule has 0 atom stereocenters. The van der Waals surface area contributed by atoms with Crippen molar-refractivity contribution in [1.29, 1.82) is 0 Å². The molecule has 0 amide bonds. The lowest BCUT2D eigenvalue weighted by atomic mass is 9.87. The van der Waals surface area contributed by atoms with Crippen LogP contribution in [-0.2, 0) is 11.8 Å². The summed E-state index contributed by atoms with van der Waals surface area (Å²) in [5.41, 5.74) is 2.80. The Kier molecular flexibility index (Phi) is 4.90. The number of aromatic amines is 1. The van der Waals surface area contributed by atoms with E-state index in [4.69, 9.17) is 0 Å². The lowest BCUT2D eigenvalue weighted by Crippen LogP contribution is -2.13. The number of aromatic nitrogens is 2. The Hall–Kier alpha value is -0.440. The van der Waals surface area contributed by atoms with Gasteiger partial charge in [-0.25, -0.2) is 0 Å². The summed E-state index contributed by atoms with van der Waals surface area (Å²) < 4.78 is 0. The molecular weight excluding hydrogens is 216 g/mol. The van der Waals surface area contributed by atoms with E-state index in [1.165, 1.54) is 22.8 Å². The zero-order valence-electron chi connectivity index (χ0n) is 11.1. The summed E-state index contributed by atoms with van der Waals surface area (Å²) in [5.74, 6) is 3.20. The first-order chi connectivity index (χ1) is 7.41. The molecule has 1 N–H and O–H groups in total. The molecule has 0 saturated heterocycles. The molecule has 0 fully saturated rings. The fourth-order valence-electron chi connectivity index (χ4n) is 1.65. The van der Waals surface area contributed by atoms with E-state index in [2.05, 4.69) is 44.8 Å². The Morgan fingerprint density at radius 2 is 2.06 bits per heavy atom. The van der Waals surface area contributed by atoms with Crippen molar-refractivity contribution in [3.05, 3.63) is 17.5 Å². The average Bonchev–Trinajstić information content (AvgIpc) is 2.59. The predicted octanol–water partition coefficient (Wildman–Crippen LogP) is 3.64. The molecule has 0 aliphatic carbocycles. The number of thioether (sulfide) groups is 1. The molecule has 2 nitrogen and oxygen atoms in total. The van der Waals surface area contributed by atoms with Gasteiger partial charge in [-0.1, -0.05) is 34.6 Å². The number of aryl methyl sites for hydroxylation is 1. The first-order valence-corrected chi connectivity index (χ1v) is 7.17. The second-order valence-electron chi connectivity index (χ2n) is 5.71. The highest BCUT2D eigenvalue weighted by Gasteiger charge is 2.19. The van der Waals surface area contributed by atoms with Gasteiger partial charge >= 0.3 is 0 Å². The fourth-order valence-corrected chi connectivity index (χ4v) is 2.62. The van der Waals surface area contributed by atoms with E-state index in [-0.39, 0.29) is 5.41 Å². The summed E-state index contributed by atoms with van der Waals surface area (Å²) >= 11 is 2.03. The molecule has 1 aromatic rings. The third-order valence-electron chi connectivity index (χ3n) is 2.46. The minimum absolute atomic E-state index is 0.199. The van der Waals surface area contributed by atoms with Crippen molar-refractivity contribution in [3.8, 4) is 0 Å². The van der Waals surface area contributed by atoms with E-state index in [0.717, 1.165) is 12.3 Å². The van der Waals surface area contributed by atoms with Gasteiger partial charge in [0.05, 0.1) is 5.69 Å². The van der Waals surface area contributed by atoms with E-state index >= 15 is 0 Å². The molecule has 1 aromatic heterocycles. The summed E-state index contributed by atoms with van der Waals surface area (Å²) in [5, 5.41) is 7.36. The van der Waals surface area contributed by atoms with Crippen LogP contribution in [0.4, 0.5) is 0 Å². The molecule has 0 unspecified atom stereocenters. The average molecular weight is 240 g/mol. The normalized spacial score (nSPS) is 12.4. The number of rotatable bonds is 5. The topological polar surface area (TPSA) is 28.7 Å². The quantitative estimate of drug-likeness (QED) is 0.796. The third kappa shape index (κ3) is 4.20. The predicted molar refractivity (Wildman–Crippen MR) is 73.2 cm³/mol. The van der Waals surface area contributed by atoms with E-state index in [0.29, 0.717) is 0 Å². The maximum absolute atomic E-state index is 4.36. The molecule has 92 valence electrons. The van der Waals surface area contributed by atoms with Crippen molar-refractivity contribution in [3.63, 3.8) is 0 Å². The molecule has 0 aromatic carbocycles. The van der Waals surface area contributed by atoms with Crippen LogP contribution in [0.5, 0.6) is 0 Å². The van der Waals surface area contributed by atoms with Crippen molar-refractivity contribution in [1.82, 2.24) is 10.2 Å². The van der Waals surface area contributed by atoms with Crippen LogP contribution in [0, 0.1) is 5.92 Å². The second-order valence-corrected chi connectivity index (χ2v) is 6.86. The highest BCUT2D eigenvalue weighted by molar-refractivity contribution is 7.99. The Bertz CT molecular complexity index is 310. The van der Waals surface area contributed by atoms with Crippen LogP contribution in [0.3, 0.4) is 0 Å². The third-order valence-corrected chi connectivity index (χ3v) is 3.86. The van der Waals surface area contributed by atoms with Gasteiger partial charge in [0.25, 0.3) is 0 Å². The summed E-state index contributed by atoms with van der Waals surface area (Å²) in [6, 6.07) is 0. The minimum Gasteiger partial charge on any atom is -0.285 e. The number of nitrogens with zero attached hydrogens (tertiary/aromatic N) is 1. The highest BCUT2D eigenvalue weighted by atomic mass is 32.2. The van der Waals surface area contributed by atoms with Gasteiger partial charge in [-0.3, -0.25) is 5.10 Å². The number of H-pyrrole nitrogens is 1. The van der Waals surface area contributed by atoms with Gasteiger partial charge in [-0.2, -0.15) is 16.9 Å². The van der Waals surface area contributed by atoms with Crippen molar-refractivity contribution < 1.29 is 0 Å². The number of nitrogens with one attached hydrogen (secondary N) is 1. The van der Waals surface area contributed by atoms with Crippen molar-refractivity contribution in [2.24, 2.45) is 5.92 Å². The van der Waals surface area contributed by atoms with Crippen LogP contribution < -0.4 is 0 Å². The van der Waals surface area contributed by atoms with E-state index in [1.54, 1.807) is 0 Å². The highest BCUT2D eigenvalue weighted by Crippen LogP contribution is 2.25. The van der Waals surface area contributed by atoms with E-state index in [1.807, 2.05) is 18.0 Å². The van der Waals surface area contributed by atoms with Crippen LogP contribution in [-0.4, -0.2) is 21.7 Å². The zero-order valence-corrected chi connectivity index (χ0v) is 11.9. The van der Waals surface area contributed by atoms with E-state index in [9.17, 15) is 0 Å². The molecule has 0 saturated carbocycles. The molecule has 0 aliphatic rings. The van der Waals surface area contributed by atoms with Crippen molar-refractivity contribution >= 4 is 11.8 Å². The van der Waals surface area contributed by atoms with Gasteiger partial charge in [-0.15, -0.1) is 0 Å². The molecule has 1 rings (SSSR count). The Morgan fingerprint density at radius 1 is 1.38 bits per heavy atom. The van der Waals surface area contributed by atoms with Gasteiger partial charge in [0.1, 0.15) is 0 Å². The van der Waals surface area contributed by atoms with Gasteiger partial charge in [0.15, 0.2) is 0 Å². The van der Waals surface area contributed by atoms with Crippen LogP contribution in [0.1, 0.15) is 45.9 Å². The molecule has 0 aliphatic heterocycles. The lowest BCUT2D eigenvalue weighted by Gasteiger charge is -2.18. The van der Waals surface area contributed by atoms with Crippen LogP contribution in [0.15, 0.2) is 6.20 Å². The Balaban J connectivity index is 2.46. The molecule has 3 heteroatoms. The summed E-state index contributed by atoms with van der Waals surface area (Å²) in [7, 11) is 0. The second kappa shape index (κ2) is 5.76. The summed E-state index contributed by atoms with van der Waals surface area (Å²) in [6.07, 6.45) is 3.12. The molecular formula is C13H24N2S. The summed E-state index contributed by atoms with van der Waals surface area (Å²) in [4.78, 5) is 0. The largest absolute Gasteiger partial charge is 0.285 e. The minimum atomic E-state index is 0.199. The first-order valence-electron chi connectivity index (χ1n) is 6.02. The Morgan fingerprint density at radius 3 is 2.62 bits per heavy atom. The van der Waals surface area contributed by atoms with Gasteiger partial charge < -0.3 is 0 Å². The first kappa shape index (κ1) is 13.6. The Labute approximate surface area is 104 Å². The lowest BCUT2D eigenvalue weighted by molar-refractivity contribution is 0.583. The van der Waals surface area contributed by atoms with Gasteiger partial charge in [-0.05, 0) is 28.4 Å².